The normalized spacial score (nSPS) is 9.94. The summed E-state index contributed by atoms with van der Waals surface area (Å²) in [7, 11) is 0. The van der Waals surface area contributed by atoms with Crippen molar-refractivity contribution < 1.29 is 30.0 Å². The van der Waals surface area contributed by atoms with Crippen molar-refractivity contribution in [1.82, 2.24) is 0 Å². The lowest BCUT2D eigenvalue weighted by atomic mass is 10.0. The maximum Gasteiger partial charge on any atom is 0.200 e. The smallest absolute Gasteiger partial charge is 0.200 e. The topological polar surface area (TPSA) is 107 Å². The highest BCUT2D eigenvalue weighted by Crippen LogP contribution is 2.25. The van der Waals surface area contributed by atoms with E-state index in [4.69, 9.17) is 14.9 Å². The summed E-state index contributed by atoms with van der Waals surface area (Å²) in [6.45, 7) is 0. The fourth-order valence-corrected chi connectivity index (χ4v) is 2.64. The Bertz CT molecular complexity index is 1060. The molecule has 0 atom stereocenters. The second-order valence-electron chi connectivity index (χ2n) is 6.45. The van der Waals surface area contributed by atoms with Crippen LogP contribution in [0.25, 0.3) is 0 Å². The SMILES string of the molecule is O=C(c1ccccc1O)c1ccccc1O.Oc1ccc(Oc2ccc(O)cc2)cc1. The number of phenols is 4. The van der Waals surface area contributed by atoms with Gasteiger partial charge >= 0.3 is 0 Å². The van der Waals surface area contributed by atoms with E-state index >= 15 is 0 Å². The third-order valence-corrected chi connectivity index (χ3v) is 4.21. The number of rotatable bonds is 4. The van der Waals surface area contributed by atoms with Crippen molar-refractivity contribution in [3.05, 3.63) is 108 Å². The Morgan fingerprint density at radius 3 is 1.23 bits per heavy atom. The van der Waals surface area contributed by atoms with Crippen LogP contribution in [0.4, 0.5) is 0 Å². The molecule has 0 aliphatic heterocycles. The molecule has 156 valence electrons. The highest BCUT2D eigenvalue weighted by Gasteiger charge is 2.15. The molecule has 0 amide bonds. The number of aromatic hydroxyl groups is 4. The van der Waals surface area contributed by atoms with E-state index in [0.717, 1.165) is 0 Å². The van der Waals surface area contributed by atoms with Crippen molar-refractivity contribution >= 4 is 5.78 Å². The molecule has 6 heteroatoms. The summed E-state index contributed by atoms with van der Waals surface area (Å²) in [4.78, 5) is 12.0. The number of hydrogen-bond donors (Lipinski definition) is 4. The molecule has 4 rings (SSSR count). The Morgan fingerprint density at radius 2 is 0.871 bits per heavy atom. The largest absolute Gasteiger partial charge is 0.508 e. The van der Waals surface area contributed by atoms with Gasteiger partial charge in [-0.05, 0) is 72.8 Å². The van der Waals surface area contributed by atoms with Gasteiger partial charge in [-0.1, -0.05) is 24.3 Å². The molecule has 4 aromatic rings. The van der Waals surface area contributed by atoms with Gasteiger partial charge in [0.25, 0.3) is 0 Å². The molecule has 0 heterocycles. The maximum absolute atomic E-state index is 12.0. The summed E-state index contributed by atoms with van der Waals surface area (Å²) >= 11 is 0. The highest BCUT2D eigenvalue weighted by atomic mass is 16.5. The minimum Gasteiger partial charge on any atom is -0.508 e. The average Bonchev–Trinajstić information content (AvgIpc) is 2.78. The van der Waals surface area contributed by atoms with Crippen molar-refractivity contribution in [3.8, 4) is 34.5 Å². The van der Waals surface area contributed by atoms with Gasteiger partial charge in [0.15, 0.2) is 5.78 Å². The Balaban J connectivity index is 0.000000176. The van der Waals surface area contributed by atoms with Gasteiger partial charge in [-0.2, -0.15) is 0 Å². The van der Waals surface area contributed by atoms with E-state index in [1.165, 1.54) is 24.3 Å². The third kappa shape index (κ3) is 5.77. The van der Waals surface area contributed by atoms with E-state index < -0.39 is 5.78 Å². The van der Waals surface area contributed by atoms with E-state index in [1.54, 1.807) is 72.8 Å². The zero-order chi connectivity index (χ0) is 22.2. The first-order valence-corrected chi connectivity index (χ1v) is 9.30. The summed E-state index contributed by atoms with van der Waals surface area (Å²) in [5.41, 5.74) is 0.369. The van der Waals surface area contributed by atoms with Crippen LogP contribution in [0.5, 0.6) is 34.5 Å². The zero-order valence-corrected chi connectivity index (χ0v) is 16.3. The fourth-order valence-electron chi connectivity index (χ4n) is 2.64. The van der Waals surface area contributed by atoms with E-state index in [0.29, 0.717) is 11.5 Å². The van der Waals surface area contributed by atoms with E-state index in [9.17, 15) is 15.0 Å². The molecule has 4 N–H and O–H groups in total. The lowest BCUT2D eigenvalue weighted by Gasteiger charge is -2.05. The molecule has 0 aliphatic rings. The molecule has 0 fully saturated rings. The molecule has 0 spiro atoms. The molecule has 0 unspecified atom stereocenters. The maximum atomic E-state index is 12.0. The van der Waals surface area contributed by atoms with Crippen LogP contribution in [-0.2, 0) is 0 Å². The Hall–Kier alpha value is -4.45. The molecule has 4 aromatic carbocycles. The lowest BCUT2D eigenvalue weighted by molar-refractivity contribution is 0.103. The highest BCUT2D eigenvalue weighted by molar-refractivity contribution is 6.12. The summed E-state index contributed by atoms with van der Waals surface area (Å²) < 4.78 is 5.47. The van der Waals surface area contributed by atoms with Crippen molar-refractivity contribution in [1.29, 1.82) is 0 Å². The standard InChI is InChI=1S/C13H10O3.C12H10O3/c14-11-7-3-1-5-9(11)13(16)10-6-2-4-8-12(10)15;13-9-1-5-11(6-2-9)15-12-7-3-10(14)4-8-12/h1-8,14-15H;1-8,13-14H. The van der Waals surface area contributed by atoms with Gasteiger partial charge in [0.05, 0.1) is 11.1 Å². The Labute approximate surface area is 178 Å². The third-order valence-electron chi connectivity index (χ3n) is 4.21. The summed E-state index contributed by atoms with van der Waals surface area (Å²) in [5, 5.41) is 37.2. The van der Waals surface area contributed by atoms with Crippen molar-refractivity contribution in [3.63, 3.8) is 0 Å². The molecule has 0 bridgehead atoms. The van der Waals surface area contributed by atoms with Gasteiger partial charge < -0.3 is 25.2 Å². The van der Waals surface area contributed by atoms with Crippen LogP contribution < -0.4 is 4.74 Å². The summed E-state index contributed by atoms with van der Waals surface area (Å²) in [5.74, 6) is 1.11. The van der Waals surface area contributed by atoms with Gasteiger partial charge in [-0.15, -0.1) is 0 Å². The van der Waals surface area contributed by atoms with Gasteiger partial charge in [0, 0.05) is 0 Å². The van der Waals surface area contributed by atoms with Crippen LogP contribution in [0.3, 0.4) is 0 Å². The van der Waals surface area contributed by atoms with Crippen molar-refractivity contribution in [2.24, 2.45) is 0 Å². The Kier molecular flexibility index (Phi) is 6.75. The molecular weight excluding hydrogens is 396 g/mol. The fraction of sp³-hybridized carbons (Fsp3) is 0. The molecule has 0 aliphatic carbocycles. The van der Waals surface area contributed by atoms with Crippen LogP contribution in [0.15, 0.2) is 97.1 Å². The van der Waals surface area contributed by atoms with Gasteiger partial charge in [-0.3, -0.25) is 4.79 Å². The first-order valence-electron chi connectivity index (χ1n) is 9.30. The summed E-state index contributed by atoms with van der Waals surface area (Å²) in [6.07, 6.45) is 0. The number of carbonyl (C=O) groups is 1. The molecule has 0 saturated carbocycles. The average molecular weight is 416 g/mol. The van der Waals surface area contributed by atoms with Gasteiger partial charge in [-0.25, -0.2) is 0 Å². The number of para-hydroxylation sites is 2. The first-order chi connectivity index (χ1) is 14.9. The minimum absolute atomic E-state index is 0.0873. The number of hydrogen-bond acceptors (Lipinski definition) is 6. The van der Waals surface area contributed by atoms with Crippen LogP contribution >= 0.6 is 0 Å². The molecule has 0 aromatic heterocycles. The molecular formula is C25H20O6. The van der Waals surface area contributed by atoms with Crippen molar-refractivity contribution in [2.45, 2.75) is 0 Å². The number of phenolic OH excluding ortho intramolecular Hbond substituents is 4. The number of ketones is 1. The van der Waals surface area contributed by atoms with E-state index in [-0.39, 0.29) is 34.1 Å². The van der Waals surface area contributed by atoms with E-state index in [2.05, 4.69) is 0 Å². The number of benzene rings is 4. The zero-order valence-electron chi connectivity index (χ0n) is 16.3. The predicted molar refractivity (Wildman–Crippen MR) is 116 cm³/mol. The monoisotopic (exact) mass is 416 g/mol. The molecule has 0 saturated heterocycles. The van der Waals surface area contributed by atoms with Crippen LogP contribution in [0.1, 0.15) is 15.9 Å². The Morgan fingerprint density at radius 1 is 0.516 bits per heavy atom. The minimum atomic E-state index is -0.392. The lowest BCUT2D eigenvalue weighted by Crippen LogP contribution is -2.01. The van der Waals surface area contributed by atoms with Crippen molar-refractivity contribution in [2.75, 3.05) is 0 Å². The predicted octanol–water partition coefficient (Wildman–Crippen LogP) is 5.22. The van der Waals surface area contributed by atoms with Gasteiger partial charge in [0.2, 0.25) is 0 Å². The molecule has 0 radical (unpaired) electrons. The molecule has 31 heavy (non-hydrogen) atoms. The first kappa shape index (κ1) is 21.3. The summed E-state index contributed by atoms with van der Waals surface area (Å²) in [6, 6.07) is 25.4. The molecule has 6 nitrogen and oxygen atoms in total. The van der Waals surface area contributed by atoms with Gasteiger partial charge in [0.1, 0.15) is 34.5 Å². The quantitative estimate of drug-likeness (QED) is 0.340. The van der Waals surface area contributed by atoms with Crippen LogP contribution in [-0.4, -0.2) is 26.2 Å². The second kappa shape index (κ2) is 9.84. The van der Waals surface area contributed by atoms with Crippen LogP contribution in [0.2, 0.25) is 0 Å². The second-order valence-corrected chi connectivity index (χ2v) is 6.45. The van der Waals surface area contributed by atoms with E-state index in [1.807, 2.05) is 0 Å². The van der Waals surface area contributed by atoms with Crippen LogP contribution in [0, 0.1) is 0 Å². The number of carbonyl (C=O) groups excluding carboxylic acids is 1. The number of ether oxygens (including phenoxy) is 1.